The second-order valence-corrected chi connectivity index (χ2v) is 3.86. The smallest absolute Gasteiger partial charge is 0.119 e. The molecule has 84 valence electrons. The number of benzene rings is 2. The maximum atomic E-state index is 9.92. The molecule has 0 radical (unpaired) electrons. The molecule has 1 N–H and O–H groups in total. The van der Waals surface area contributed by atoms with Crippen molar-refractivity contribution in [3.8, 4) is 5.75 Å². The van der Waals surface area contributed by atoms with Crippen molar-refractivity contribution in [2.24, 2.45) is 0 Å². The van der Waals surface area contributed by atoms with E-state index in [0.717, 1.165) is 28.5 Å². The molecule has 0 bridgehead atoms. The highest BCUT2D eigenvalue weighted by atomic mass is 16.5. The summed E-state index contributed by atoms with van der Waals surface area (Å²) in [4.78, 5) is 0. The summed E-state index contributed by atoms with van der Waals surface area (Å²) in [6.07, 6.45) is 0.336. The first kappa shape index (κ1) is 11.0. The summed E-state index contributed by atoms with van der Waals surface area (Å²) in [5.74, 6) is 0.843. The monoisotopic (exact) mass is 216 g/mol. The first-order chi connectivity index (χ1) is 7.76. The zero-order valence-electron chi connectivity index (χ0n) is 9.60. The van der Waals surface area contributed by atoms with Crippen LogP contribution in [0.25, 0.3) is 10.8 Å². The largest absolute Gasteiger partial charge is 0.497 e. The number of hydrogen-bond acceptors (Lipinski definition) is 2. The lowest BCUT2D eigenvalue weighted by Gasteiger charge is -2.12. The Morgan fingerprint density at radius 2 is 2.06 bits per heavy atom. The minimum absolute atomic E-state index is 0.392. The number of rotatable bonds is 3. The van der Waals surface area contributed by atoms with Gasteiger partial charge in [-0.25, -0.2) is 0 Å². The molecule has 0 saturated carbocycles. The highest BCUT2D eigenvalue weighted by Crippen LogP contribution is 2.28. The average Bonchev–Trinajstić information content (AvgIpc) is 2.36. The predicted molar refractivity (Wildman–Crippen MR) is 65.8 cm³/mol. The van der Waals surface area contributed by atoms with Gasteiger partial charge in [-0.05, 0) is 34.9 Å². The Labute approximate surface area is 95.5 Å². The Kier molecular flexibility index (Phi) is 3.11. The summed E-state index contributed by atoms with van der Waals surface area (Å²) in [7, 11) is 1.66. The van der Waals surface area contributed by atoms with E-state index in [-0.39, 0.29) is 0 Å². The highest BCUT2D eigenvalue weighted by molar-refractivity contribution is 5.87. The van der Waals surface area contributed by atoms with E-state index in [9.17, 15) is 5.11 Å². The molecule has 16 heavy (non-hydrogen) atoms. The van der Waals surface area contributed by atoms with E-state index in [1.807, 2.05) is 43.3 Å². The molecule has 1 atom stereocenters. The molecular formula is C14H16O2. The SMILES string of the molecule is CC[C@H](O)c1cccc2cc(OC)ccc12. The predicted octanol–water partition coefficient (Wildman–Crippen LogP) is 3.29. The van der Waals surface area contributed by atoms with Crippen LogP contribution >= 0.6 is 0 Å². The van der Waals surface area contributed by atoms with Crippen LogP contribution in [-0.4, -0.2) is 12.2 Å². The van der Waals surface area contributed by atoms with Crippen LogP contribution in [0.4, 0.5) is 0 Å². The Morgan fingerprint density at radius 3 is 2.75 bits per heavy atom. The quantitative estimate of drug-likeness (QED) is 0.853. The normalized spacial score (nSPS) is 12.7. The van der Waals surface area contributed by atoms with Crippen molar-refractivity contribution in [3.63, 3.8) is 0 Å². The number of aliphatic hydroxyl groups excluding tert-OH is 1. The van der Waals surface area contributed by atoms with Gasteiger partial charge in [-0.3, -0.25) is 0 Å². The molecule has 0 unspecified atom stereocenters. The van der Waals surface area contributed by atoms with E-state index in [1.54, 1.807) is 7.11 Å². The molecule has 0 heterocycles. The van der Waals surface area contributed by atoms with Crippen LogP contribution in [0.2, 0.25) is 0 Å². The minimum Gasteiger partial charge on any atom is -0.497 e. The molecule has 0 fully saturated rings. The van der Waals surface area contributed by atoms with Gasteiger partial charge in [-0.15, -0.1) is 0 Å². The summed E-state index contributed by atoms with van der Waals surface area (Å²) >= 11 is 0. The zero-order chi connectivity index (χ0) is 11.5. The number of ether oxygens (including phenoxy) is 1. The number of methoxy groups -OCH3 is 1. The number of hydrogen-bond donors (Lipinski definition) is 1. The Bertz CT molecular complexity index is 491. The number of aliphatic hydroxyl groups is 1. The van der Waals surface area contributed by atoms with Gasteiger partial charge in [0.25, 0.3) is 0 Å². The fraction of sp³-hybridized carbons (Fsp3) is 0.286. The summed E-state index contributed by atoms with van der Waals surface area (Å²) < 4.78 is 5.19. The topological polar surface area (TPSA) is 29.5 Å². The minimum atomic E-state index is -0.392. The van der Waals surface area contributed by atoms with Crippen LogP contribution in [-0.2, 0) is 0 Å². The zero-order valence-corrected chi connectivity index (χ0v) is 9.60. The molecule has 2 rings (SSSR count). The van der Waals surface area contributed by atoms with Crippen LogP contribution in [0, 0.1) is 0 Å². The Hall–Kier alpha value is -1.54. The van der Waals surface area contributed by atoms with E-state index in [2.05, 4.69) is 0 Å². The molecule has 0 aliphatic rings. The van der Waals surface area contributed by atoms with Crippen molar-refractivity contribution >= 4 is 10.8 Å². The van der Waals surface area contributed by atoms with E-state index >= 15 is 0 Å². The van der Waals surface area contributed by atoms with Gasteiger partial charge in [-0.2, -0.15) is 0 Å². The fourth-order valence-electron chi connectivity index (χ4n) is 1.92. The van der Waals surface area contributed by atoms with E-state index < -0.39 is 6.10 Å². The van der Waals surface area contributed by atoms with Crippen LogP contribution in [0.5, 0.6) is 5.75 Å². The van der Waals surface area contributed by atoms with Gasteiger partial charge in [0.15, 0.2) is 0 Å². The number of fused-ring (bicyclic) bond motifs is 1. The molecule has 2 heteroatoms. The van der Waals surface area contributed by atoms with Crippen molar-refractivity contribution in [2.75, 3.05) is 7.11 Å². The second kappa shape index (κ2) is 4.54. The Morgan fingerprint density at radius 1 is 1.25 bits per heavy atom. The van der Waals surface area contributed by atoms with Crippen molar-refractivity contribution in [3.05, 3.63) is 42.0 Å². The first-order valence-corrected chi connectivity index (χ1v) is 5.51. The molecular weight excluding hydrogens is 200 g/mol. The molecule has 2 aromatic carbocycles. The maximum Gasteiger partial charge on any atom is 0.119 e. The lowest BCUT2D eigenvalue weighted by Crippen LogP contribution is -1.96. The van der Waals surface area contributed by atoms with Gasteiger partial charge >= 0.3 is 0 Å². The molecule has 0 aliphatic carbocycles. The summed E-state index contributed by atoms with van der Waals surface area (Å²) in [5, 5.41) is 12.1. The van der Waals surface area contributed by atoms with Gasteiger partial charge in [0, 0.05) is 0 Å². The fourth-order valence-corrected chi connectivity index (χ4v) is 1.92. The maximum absolute atomic E-state index is 9.92. The molecule has 0 saturated heterocycles. The Balaban J connectivity index is 2.60. The third-order valence-corrected chi connectivity index (χ3v) is 2.87. The highest BCUT2D eigenvalue weighted by Gasteiger charge is 2.08. The van der Waals surface area contributed by atoms with Gasteiger partial charge in [-0.1, -0.05) is 31.2 Å². The standard InChI is InChI=1S/C14H16O2/c1-3-14(15)13-6-4-5-10-9-11(16-2)7-8-12(10)13/h4-9,14-15H,3H2,1-2H3/t14-/m0/s1. The van der Waals surface area contributed by atoms with Gasteiger partial charge < -0.3 is 9.84 Å². The van der Waals surface area contributed by atoms with Crippen LogP contribution in [0.3, 0.4) is 0 Å². The van der Waals surface area contributed by atoms with Crippen LogP contribution in [0.15, 0.2) is 36.4 Å². The summed E-state index contributed by atoms with van der Waals surface area (Å²) in [5.41, 5.74) is 0.989. The van der Waals surface area contributed by atoms with E-state index in [1.165, 1.54) is 0 Å². The molecule has 0 aliphatic heterocycles. The third kappa shape index (κ3) is 1.89. The molecule has 0 amide bonds. The van der Waals surface area contributed by atoms with Gasteiger partial charge in [0.1, 0.15) is 5.75 Å². The van der Waals surface area contributed by atoms with Crippen molar-refractivity contribution < 1.29 is 9.84 Å². The van der Waals surface area contributed by atoms with Crippen LogP contribution in [0.1, 0.15) is 25.0 Å². The van der Waals surface area contributed by atoms with Crippen LogP contribution < -0.4 is 4.74 Å². The first-order valence-electron chi connectivity index (χ1n) is 5.51. The lowest BCUT2D eigenvalue weighted by atomic mass is 9.99. The van der Waals surface area contributed by atoms with Gasteiger partial charge in [0.2, 0.25) is 0 Å². The lowest BCUT2D eigenvalue weighted by molar-refractivity contribution is 0.175. The van der Waals surface area contributed by atoms with Crippen molar-refractivity contribution in [1.82, 2.24) is 0 Å². The van der Waals surface area contributed by atoms with Gasteiger partial charge in [0.05, 0.1) is 13.2 Å². The van der Waals surface area contributed by atoms with Crippen molar-refractivity contribution in [1.29, 1.82) is 0 Å². The molecule has 2 nitrogen and oxygen atoms in total. The molecule has 0 aromatic heterocycles. The molecule has 2 aromatic rings. The third-order valence-electron chi connectivity index (χ3n) is 2.87. The second-order valence-electron chi connectivity index (χ2n) is 3.86. The van der Waals surface area contributed by atoms with E-state index in [4.69, 9.17) is 4.74 Å². The summed E-state index contributed by atoms with van der Waals surface area (Å²) in [6, 6.07) is 11.9. The average molecular weight is 216 g/mol. The summed E-state index contributed by atoms with van der Waals surface area (Å²) in [6.45, 7) is 1.98. The van der Waals surface area contributed by atoms with E-state index in [0.29, 0.717) is 0 Å². The molecule has 0 spiro atoms. The van der Waals surface area contributed by atoms with Crippen molar-refractivity contribution in [2.45, 2.75) is 19.4 Å².